The van der Waals surface area contributed by atoms with Crippen LogP contribution in [0, 0.1) is 0 Å². The Morgan fingerprint density at radius 1 is 1.25 bits per heavy atom. The summed E-state index contributed by atoms with van der Waals surface area (Å²) >= 11 is 11.9. The number of carbonyl (C=O) groups excluding carboxylic acids is 1. The molecule has 0 aliphatic heterocycles. The molecule has 0 saturated heterocycles. The Morgan fingerprint density at radius 3 is 2.70 bits per heavy atom. The molecule has 1 amide bonds. The summed E-state index contributed by atoms with van der Waals surface area (Å²) in [6, 6.07) is 9.82. The van der Waals surface area contributed by atoms with E-state index in [1.54, 1.807) is 36.4 Å². The summed E-state index contributed by atoms with van der Waals surface area (Å²) in [5.41, 5.74) is 6.88. The van der Waals surface area contributed by atoms with Crippen LogP contribution in [-0.2, 0) is 0 Å². The first-order valence-electron chi connectivity index (χ1n) is 5.72. The van der Waals surface area contributed by atoms with Gasteiger partial charge in [-0.2, -0.15) is 0 Å². The number of nitrogens with two attached hydrogens (primary N) is 1. The highest BCUT2D eigenvalue weighted by Gasteiger charge is 2.13. The lowest BCUT2D eigenvalue weighted by atomic mass is 10.2. The number of methoxy groups -OCH3 is 1. The van der Waals surface area contributed by atoms with Crippen LogP contribution < -0.4 is 15.8 Å². The minimum atomic E-state index is -0.355. The maximum absolute atomic E-state index is 12.1. The number of rotatable bonds is 3. The van der Waals surface area contributed by atoms with Crippen LogP contribution in [0.1, 0.15) is 10.4 Å². The van der Waals surface area contributed by atoms with Crippen molar-refractivity contribution in [3.8, 4) is 5.75 Å². The zero-order valence-corrected chi connectivity index (χ0v) is 12.1. The molecule has 2 aromatic carbocycles. The number of ether oxygens (including phenoxy) is 1. The second-order valence-corrected chi connectivity index (χ2v) is 4.80. The molecule has 0 fully saturated rings. The molecule has 0 heterocycles. The highest BCUT2D eigenvalue weighted by Crippen LogP contribution is 2.28. The monoisotopic (exact) mass is 310 g/mol. The SMILES string of the molecule is COc1cc(NC(=O)c2cccc(N)c2Cl)ccc1Cl. The lowest BCUT2D eigenvalue weighted by Crippen LogP contribution is -2.13. The van der Waals surface area contributed by atoms with Crippen LogP contribution in [-0.4, -0.2) is 13.0 Å². The van der Waals surface area contributed by atoms with Gasteiger partial charge in [-0.1, -0.05) is 29.3 Å². The number of nitrogens with one attached hydrogen (secondary N) is 1. The second kappa shape index (κ2) is 6.03. The average molecular weight is 311 g/mol. The standard InChI is InChI=1S/C14H12Cl2N2O2/c1-20-12-7-8(5-6-10(12)15)18-14(19)9-3-2-4-11(17)13(9)16/h2-7H,17H2,1H3,(H,18,19). The third-order valence-corrected chi connectivity index (χ3v) is 3.42. The van der Waals surface area contributed by atoms with Crippen LogP contribution >= 0.6 is 23.2 Å². The topological polar surface area (TPSA) is 64.3 Å². The molecule has 20 heavy (non-hydrogen) atoms. The molecule has 6 heteroatoms. The van der Waals surface area contributed by atoms with Gasteiger partial charge in [0.25, 0.3) is 5.91 Å². The van der Waals surface area contributed by atoms with E-state index in [-0.39, 0.29) is 10.9 Å². The molecular weight excluding hydrogens is 299 g/mol. The molecule has 2 aromatic rings. The molecule has 4 nitrogen and oxygen atoms in total. The third-order valence-electron chi connectivity index (χ3n) is 2.68. The quantitative estimate of drug-likeness (QED) is 0.847. The Kier molecular flexibility index (Phi) is 4.37. The molecule has 2 rings (SSSR count). The number of carbonyl (C=O) groups is 1. The minimum Gasteiger partial charge on any atom is -0.495 e. The molecule has 0 aliphatic carbocycles. The lowest BCUT2D eigenvalue weighted by Gasteiger charge is -2.10. The van der Waals surface area contributed by atoms with Gasteiger partial charge in [0.15, 0.2) is 0 Å². The molecule has 0 unspecified atom stereocenters. The van der Waals surface area contributed by atoms with E-state index >= 15 is 0 Å². The average Bonchev–Trinajstić information content (AvgIpc) is 2.43. The highest BCUT2D eigenvalue weighted by atomic mass is 35.5. The van der Waals surface area contributed by atoms with Crippen molar-refractivity contribution in [3.05, 3.63) is 52.0 Å². The van der Waals surface area contributed by atoms with Crippen LogP contribution in [0.4, 0.5) is 11.4 Å². The fraction of sp³-hybridized carbons (Fsp3) is 0.0714. The minimum absolute atomic E-state index is 0.228. The van der Waals surface area contributed by atoms with Gasteiger partial charge in [0.2, 0.25) is 0 Å². The first kappa shape index (κ1) is 14.5. The smallest absolute Gasteiger partial charge is 0.257 e. The zero-order valence-electron chi connectivity index (χ0n) is 10.6. The van der Waals surface area contributed by atoms with E-state index in [9.17, 15) is 4.79 Å². The molecular formula is C14H12Cl2N2O2. The Morgan fingerprint density at radius 2 is 2.00 bits per heavy atom. The lowest BCUT2D eigenvalue weighted by molar-refractivity contribution is 0.102. The summed E-state index contributed by atoms with van der Waals surface area (Å²) < 4.78 is 5.09. The molecule has 0 atom stereocenters. The molecule has 0 saturated carbocycles. The molecule has 0 radical (unpaired) electrons. The van der Waals surface area contributed by atoms with E-state index in [0.717, 1.165) is 0 Å². The number of hydrogen-bond donors (Lipinski definition) is 2. The van der Waals surface area contributed by atoms with Gasteiger partial charge in [-0.25, -0.2) is 0 Å². The van der Waals surface area contributed by atoms with Crippen molar-refractivity contribution < 1.29 is 9.53 Å². The van der Waals surface area contributed by atoms with Gasteiger partial charge < -0.3 is 15.8 Å². The van der Waals surface area contributed by atoms with E-state index in [1.165, 1.54) is 7.11 Å². The van der Waals surface area contributed by atoms with E-state index in [4.69, 9.17) is 33.7 Å². The molecule has 104 valence electrons. The summed E-state index contributed by atoms with van der Waals surface area (Å²) in [5.74, 6) is 0.120. The Labute approximate surface area is 126 Å². The maximum atomic E-state index is 12.1. The first-order valence-corrected chi connectivity index (χ1v) is 6.47. The largest absolute Gasteiger partial charge is 0.495 e. The van der Waals surface area contributed by atoms with E-state index in [2.05, 4.69) is 5.32 Å². The van der Waals surface area contributed by atoms with E-state index in [1.807, 2.05) is 0 Å². The van der Waals surface area contributed by atoms with Crippen molar-refractivity contribution in [1.29, 1.82) is 0 Å². The maximum Gasteiger partial charge on any atom is 0.257 e. The van der Waals surface area contributed by atoms with Gasteiger partial charge in [-0.3, -0.25) is 4.79 Å². The zero-order chi connectivity index (χ0) is 14.7. The third kappa shape index (κ3) is 2.98. The van der Waals surface area contributed by atoms with Gasteiger partial charge in [0.05, 0.1) is 28.4 Å². The molecule has 3 N–H and O–H groups in total. The number of amides is 1. The predicted octanol–water partition coefficient (Wildman–Crippen LogP) is 3.84. The molecule has 0 bridgehead atoms. The van der Waals surface area contributed by atoms with Crippen molar-refractivity contribution in [2.24, 2.45) is 0 Å². The van der Waals surface area contributed by atoms with Crippen LogP contribution in [0.25, 0.3) is 0 Å². The van der Waals surface area contributed by atoms with Crippen LogP contribution in [0.15, 0.2) is 36.4 Å². The number of hydrogen-bond acceptors (Lipinski definition) is 3. The van der Waals surface area contributed by atoms with Crippen LogP contribution in [0.2, 0.25) is 10.0 Å². The summed E-state index contributed by atoms with van der Waals surface area (Å²) in [6.07, 6.45) is 0. The van der Waals surface area contributed by atoms with Gasteiger partial charge in [0.1, 0.15) is 5.75 Å². The Hall–Kier alpha value is -1.91. The summed E-state index contributed by atoms with van der Waals surface area (Å²) in [7, 11) is 1.50. The Balaban J connectivity index is 2.26. The van der Waals surface area contributed by atoms with E-state index < -0.39 is 0 Å². The predicted molar refractivity (Wildman–Crippen MR) is 81.8 cm³/mol. The Bertz CT molecular complexity index is 660. The fourth-order valence-corrected chi connectivity index (χ4v) is 2.07. The first-order chi connectivity index (χ1) is 9.52. The van der Waals surface area contributed by atoms with Crippen LogP contribution in [0.3, 0.4) is 0 Å². The van der Waals surface area contributed by atoms with Crippen molar-refractivity contribution in [2.45, 2.75) is 0 Å². The van der Waals surface area contributed by atoms with E-state index in [0.29, 0.717) is 27.7 Å². The number of halogens is 2. The summed E-state index contributed by atoms with van der Waals surface area (Å²) in [5, 5.41) is 3.40. The van der Waals surface area contributed by atoms with Crippen molar-refractivity contribution in [1.82, 2.24) is 0 Å². The van der Waals surface area contributed by atoms with Crippen molar-refractivity contribution in [2.75, 3.05) is 18.2 Å². The second-order valence-electron chi connectivity index (χ2n) is 4.01. The molecule has 0 spiro atoms. The molecule has 0 aliphatic rings. The van der Waals surface area contributed by atoms with Crippen molar-refractivity contribution in [3.63, 3.8) is 0 Å². The number of benzene rings is 2. The number of nitrogen functional groups attached to an aromatic ring is 1. The van der Waals surface area contributed by atoms with Gasteiger partial charge >= 0.3 is 0 Å². The summed E-state index contributed by atoms with van der Waals surface area (Å²) in [4.78, 5) is 12.1. The summed E-state index contributed by atoms with van der Waals surface area (Å²) in [6.45, 7) is 0. The number of anilines is 2. The van der Waals surface area contributed by atoms with Crippen LogP contribution in [0.5, 0.6) is 5.75 Å². The highest BCUT2D eigenvalue weighted by molar-refractivity contribution is 6.36. The fourth-order valence-electron chi connectivity index (χ4n) is 1.66. The molecule has 0 aromatic heterocycles. The van der Waals surface area contributed by atoms with Gasteiger partial charge in [0, 0.05) is 11.8 Å². The van der Waals surface area contributed by atoms with Gasteiger partial charge in [-0.05, 0) is 24.3 Å². The van der Waals surface area contributed by atoms with Gasteiger partial charge in [-0.15, -0.1) is 0 Å². The normalized spacial score (nSPS) is 10.2. The van der Waals surface area contributed by atoms with Crippen molar-refractivity contribution >= 4 is 40.5 Å².